The molecule has 1 aliphatic heterocycles. The predicted molar refractivity (Wildman–Crippen MR) is 73.3 cm³/mol. The quantitative estimate of drug-likeness (QED) is 0.800. The van der Waals surface area contributed by atoms with E-state index in [1.54, 1.807) is 7.11 Å². The lowest BCUT2D eigenvalue weighted by Gasteiger charge is -2.16. The molecule has 1 heterocycles. The second-order valence-electron chi connectivity index (χ2n) is 5.06. The van der Waals surface area contributed by atoms with Gasteiger partial charge in [0.15, 0.2) is 0 Å². The van der Waals surface area contributed by atoms with Crippen LogP contribution in [0.3, 0.4) is 0 Å². The molecule has 2 rings (SSSR count). The number of hydrogen-bond donors (Lipinski definition) is 0. The van der Waals surface area contributed by atoms with Gasteiger partial charge in [-0.25, -0.2) is 0 Å². The van der Waals surface area contributed by atoms with Gasteiger partial charge < -0.3 is 9.47 Å². The summed E-state index contributed by atoms with van der Waals surface area (Å²) in [6.07, 6.45) is 1.55. The molecule has 1 fully saturated rings. The molecule has 3 heteroatoms. The summed E-state index contributed by atoms with van der Waals surface area (Å²) >= 11 is 0. The minimum absolute atomic E-state index is 0.408. The minimum atomic E-state index is 0.408. The first-order valence-corrected chi connectivity index (χ1v) is 6.64. The van der Waals surface area contributed by atoms with Crippen molar-refractivity contribution in [1.29, 1.82) is 0 Å². The van der Waals surface area contributed by atoms with Crippen LogP contribution in [0.15, 0.2) is 18.2 Å². The maximum absolute atomic E-state index is 5.84. The third-order valence-electron chi connectivity index (χ3n) is 3.56. The minimum Gasteiger partial charge on any atom is -0.492 e. The number of nitrogens with zero attached hydrogens (tertiary/aromatic N) is 1. The second kappa shape index (κ2) is 6.21. The number of aryl methyl sites for hydroxylation is 2. The lowest BCUT2D eigenvalue weighted by Crippen LogP contribution is -2.27. The topological polar surface area (TPSA) is 21.7 Å². The maximum atomic E-state index is 5.84. The Balaban J connectivity index is 1.75. The first-order valence-electron chi connectivity index (χ1n) is 6.64. The van der Waals surface area contributed by atoms with Gasteiger partial charge in [0.2, 0.25) is 0 Å². The van der Waals surface area contributed by atoms with Crippen LogP contribution in [0.5, 0.6) is 5.75 Å². The SMILES string of the molecule is COC1CCN(CCOc2ccc(C)cc2C)C1. The Morgan fingerprint density at radius 1 is 1.33 bits per heavy atom. The van der Waals surface area contributed by atoms with Gasteiger partial charge in [0.25, 0.3) is 0 Å². The number of rotatable bonds is 5. The van der Waals surface area contributed by atoms with Gasteiger partial charge in [-0.15, -0.1) is 0 Å². The van der Waals surface area contributed by atoms with E-state index in [1.165, 1.54) is 11.1 Å². The molecule has 0 aromatic heterocycles. The summed E-state index contributed by atoms with van der Waals surface area (Å²) in [5, 5.41) is 0. The van der Waals surface area contributed by atoms with E-state index < -0.39 is 0 Å². The van der Waals surface area contributed by atoms with Crippen molar-refractivity contribution in [2.45, 2.75) is 26.4 Å². The van der Waals surface area contributed by atoms with Crippen LogP contribution in [-0.2, 0) is 4.74 Å². The molecule has 18 heavy (non-hydrogen) atoms. The Morgan fingerprint density at radius 3 is 2.83 bits per heavy atom. The second-order valence-corrected chi connectivity index (χ2v) is 5.06. The molecule has 1 saturated heterocycles. The highest BCUT2D eigenvalue weighted by atomic mass is 16.5. The first kappa shape index (κ1) is 13.4. The average Bonchev–Trinajstić information content (AvgIpc) is 2.80. The molecule has 3 nitrogen and oxygen atoms in total. The monoisotopic (exact) mass is 249 g/mol. The molecule has 0 amide bonds. The summed E-state index contributed by atoms with van der Waals surface area (Å²) in [4.78, 5) is 2.40. The molecule has 1 atom stereocenters. The fourth-order valence-electron chi connectivity index (χ4n) is 2.44. The molecule has 1 aromatic carbocycles. The van der Waals surface area contributed by atoms with Gasteiger partial charge in [0.05, 0.1) is 6.10 Å². The summed E-state index contributed by atoms with van der Waals surface area (Å²) in [5.41, 5.74) is 2.49. The smallest absolute Gasteiger partial charge is 0.122 e. The molecular formula is C15H23NO2. The molecule has 1 unspecified atom stereocenters. The average molecular weight is 249 g/mol. The number of likely N-dealkylation sites (tertiary alicyclic amines) is 1. The molecule has 1 aliphatic rings. The van der Waals surface area contributed by atoms with Crippen LogP contribution in [-0.4, -0.2) is 44.4 Å². The van der Waals surface area contributed by atoms with Crippen LogP contribution in [0.1, 0.15) is 17.5 Å². The largest absolute Gasteiger partial charge is 0.492 e. The van der Waals surface area contributed by atoms with E-state index >= 15 is 0 Å². The molecule has 0 bridgehead atoms. The third-order valence-corrected chi connectivity index (χ3v) is 3.56. The Hall–Kier alpha value is -1.06. The zero-order valence-corrected chi connectivity index (χ0v) is 11.6. The van der Waals surface area contributed by atoms with Gasteiger partial charge in [-0.05, 0) is 31.9 Å². The van der Waals surface area contributed by atoms with Crippen LogP contribution in [0.25, 0.3) is 0 Å². The fourth-order valence-corrected chi connectivity index (χ4v) is 2.44. The first-order chi connectivity index (χ1) is 8.69. The van der Waals surface area contributed by atoms with Crippen LogP contribution in [0, 0.1) is 13.8 Å². The molecule has 0 radical (unpaired) electrons. The van der Waals surface area contributed by atoms with Gasteiger partial charge in [-0.2, -0.15) is 0 Å². The van der Waals surface area contributed by atoms with Gasteiger partial charge in [-0.1, -0.05) is 17.7 Å². The Labute approximate surface area is 110 Å². The highest BCUT2D eigenvalue weighted by Crippen LogP contribution is 2.19. The zero-order valence-electron chi connectivity index (χ0n) is 11.6. The summed E-state index contributed by atoms with van der Waals surface area (Å²) in [5.74, 6) is 1.00. The van der Waals surface area contributed by atoms with Gasteiger partial charge in [0, 0.05) is 26.7 Å². The van der Waals surface area contributed by atoms with Gasteiger partial charge >= 0.3 is 0 Å². The third kappa shape index (κ3) is 3.47. The van der Waals surface area contributed by atoms with Crippen molar-refractivity contribution in [1.82, 2.24) is 4.90 Å². The van der Waals surface area contributed by atoms with Crippen molar-refractivity contribution in [2.75, 3.05) is 33.4 Å². The highest BCUT2D eigenvalue weighted by Gasteiger charge is 2.21. The number of benzene rings is 1. The van der Waals surface area contributed by atoms with Crippen LogP contribution in [0.4, 0.5) is 0 Å². The molecule has 0 spiro atoms. The van der Waals surface area contributed by atoms with E-state index in [9.17, 15) is 0 Å². The summed E-state index contributed by atoms with van der Waals surface area (Å²) in [7, 11) is 1.79. The van der Waals surface area contributed by atoms with E-state index in [0.717, 1.165) is 38.4 Å². The molecule has 0 saturated carbocycles. The number of methoxy groups -OCH3 is 1. The van der Waals surface area contributed by atoms with E-state index in [2.05, 4.69) is 36.9 Å². The Bertz CT molecular complexity index is 392. The molecule has 1 aromatic rings. The Kier molecular flexibility index (Phi) is 4.61. The highest BCUT2D eigenvalue weighted by molar-refractivity contribution is 5.35. The summed E-state index contributed by atoms with van der Waals surface area (Å²) in [6.45, 7) is 8.08. The standard InChI is InChI=1S/C15H23NO2/c1-12-4-5-15(13(2)10-12)18-9-8-16-7-6-14(11-16)17-3/h4-5,10,14H,6-9,11H2,1-3H3. The van der Waals surface area contributed by atoms with Crippen molar-refractivity contribution in [2.24, 2.45) is 0 Å². The molecule has 0 aliphatic carbocycles. The zero-order chi connectivity index (χ0) is 13.0. The molecule has 100 valence electrons. The fraction of sp³-hybridized carbons (Fsp3) is 0.600. The summed E-state index contributed by atoms with van der Waals surface area (Å²) < 4.78 is 11.2. The lowest BCUT2D eigenvalue weighted by atomic mass is 10.1. The Morgan fingerprint density at radius 2 is 2.17 bits per heavy atom. The van der Waals surface area contributed by atoms with Crippen molar-refractivity contribution in [3.8, 4) is 5.75 Å². The summed E-state index contributed by atoms with van der Waals surface area (Å²) in [6, 6.07) is 6.32. The van der Waals surface area contributed by atoms with E-state index in [0.29, 0.717) is 6.10 Å². The van der Waals surface area contributed by atoms with Crippen LogP contribution in [0.2, 0.25) is 0 Å². The van der Waals surface area contributed by atoms with Crippen LogP contribution >= 0.6 is 0 Å². The van der Waals surface area contributed by atoms with E-state index in [4.69, 9.17) is 9.47 Å². The van der Waals surface area contributed by atoms with Gasteiger partial charge in [-0.3, -0.25) is 4.90 Å². The van der Waals surface area contributed by atoms with Gasteiger partial charge in [0.1, 0.15) is 12.4 Å². The predicted octanol–water partition coefficient (Wildman–Crippen LogP) is 2.40. The van der Waals surface area contributed by atoms with Crippen molar-refractivity contribution in [3.63, 3.8) is 0 Å². The molecule has 0 N–H and O–H groups in total. The van der Waals surface area contributed by atoms with E-state index in [1.807, 2.05) is 0 Å². The lowest BCUT2D eigenvalue weighted by molar-refractivity contribution is 0.106. The normalized spacial score (nSPS) is 20.3. The van der Waals surface area contributed by atoms with Crippen molar-refractivity contribution < 1.29 is 9.47 Å². The molecular weight excluding hydrogens is 226 g/mol. The van der Waals surface area contributed by atoms with Crippen molar-refractivity contribution >= 4 is 0 Å². The number of ether oxygens (including phenoxy) is 2. The van der Waals surface area contributed by atoms with Crippen LogP contribution < -0.4 is 4.74 Å². The van der Waals surface area contributed by atoms with Crippen molar-refractivity contribution in [3.05, 3.63) is 29.3 Å². The maximum Gasteiger partial charge on any atom is 0.122 e. The number of hydrogen-bond acceptors (Lipinski definition) is 3. The van der Waals surface area contributed by atoms with E-state index in [-0.39, 0.29) is 0 Å².